The Hall–Kier alpha value is -3.57. The van der Waals surface area contributed by atoms with Gasteiger partial charge in [-0.2, -0.15) is 0 Å². The lowest BCUT2D eigenvalue weighted by molar-refractivity contribution is 0.0714. The van der Waals surface area contributed by atoms with Gasteiger partial charge in [0.25, 0.3) is 5.91 Å². The third-order valence-corrected chi connectivity index (χ3v) is 6.50. The van der Waals surface area contributed by atoms with Crippen LogP contribution < -0.4 is 10.2 Å². The maximum atomic E-state index is 13.7. The van der Waals surface area contributed by atoms with Gasteiger partial charge in [0, 0.05) is 11.6 Å². The van der Waals surface area contributed by atoms with E-state index in [4.69, 9.17) is 20.8 Å². The molecule has 0 bridgehead atoms. The number of rotatable bonds is 7. The molecule has 5 rings (SSSR count). The van der Waals surface area contributed by atoms with Crippen LogP contribution in [-0.4, -0.2) is 17.4 Å². The molecule has 0 saturated carbocycles. The Labute approximate surface area is 208 Å². The van der Waals surface area contributed by atoms with Crippen LogP contribution in [0.15, 0.2) is 82.0 Å². The summed E-state index contributed by atoms with van der Waals surface area (Å²) in [5.74, 6) is 1.01. The summed E-state index contributed by atoms with van der Waals surface area (Å²) >= 11 is 6.18. The summed E-state index contributed by atoms with van der Waals surface area (Å²) in [6, 6.07) is 21.6. The largest absolute Gasteiger partial charge is 0.494 e. The molecule has 1 atom stereocenters. The highest BCUT2D eigenvalue weighted by Crippen LogP contribution is 2.40. The average Bonchev–Trinajstić information content (AvgIpc) is 3.12. The Morgan fingerprint density at radius 2 is 1.80 bits per heavy atom. The normalized spacial score (nSPS) is 15.1. The van der Waals surface area contributed by atoms with Crippen molar-refractivity contribution in [1.82, 2.24) is 4.90 Å². The van der Waals surface area contributed by atoms with Gasteiger partial charge in [0.05, 0.1) is 23.6 Å². The number of fused-ring (bicyclic) bond motifs is 2. The van der Waals surface area contributed by atoms with Crippen molar-refractivity contribution in [2.45, 2.75) is 32.9 Å². The second-order valence-electron chi connectivity index (χ2n) is 9.24. The lowest BCUT2D eigenvalue weighted by Crippen LogP contribution is -2.29. The fraction of sp³-hybridized carbons (Fsp3) is 0.241. The highest BCUT2D eigenvalue weighted by Gasteiger charge is 2.42. The first-order valence-electron chi connectivity index (χ1n) is 11.8. The fourth-order valence-corrected chi connectivity index (χ4v) is 4.64. The molecule has 5 nitrogen and oxygen atoms in total. The number of carbonyl (C=O) groups is 1. The first kappa shape index (κ1) is 23.2. The van der Waals surface area contributed by atoms with Crippen molar-refractivity contribution in [3.8, 4) is 5.75 Å². The molecule has 1 aliphatic heterocycles. The smallest absolute Gasteiger partial charge is 0.291 e. The summed E-state index contributed by atoms with van der Waals surface area (Å²) in [6.07, 6.45) is 0.936. The summed E-state index contributed by atoms with van der Waals surface area (Å²) in [5, 5.41) is 0.798. The molecule has 1 aliphatic rings. The van der Waals surface area contributed by atoms with Gasteiger partial charge in [0.2, 0.25) is 5.76 Å². The van der Waals surface area contributed by atoms with Crippen LogP contribution in [0.5, 0.6) is 5.75 Å². The molecule has 6 heteroatoms. The van der Waals surface area contributed by atoms with E-state index in [2.05, 4.69) is 13.8 Å². The summed E-state index contributed by atoms with van der Waals surface area (Å²) in [6.45, 7) is 5.24. The summed E-state index contributed by atoms with van der Waals surface area (Å²) in [5.41, 5.74) is 2.19. The lowest BCUT2D eigenvalue weighted by atomic mass is 9.98. The number of halogens is 1. The molecule has 1 amide bonds. The van der Waals surface area contributed by atoms with E-state index < -0.39 is 6.04 Å². The van der Waals surface area contributed by atoms with Gasteiger partial charge in [0.15, 0.2) is 5.43 Å². The predicted octanol–water partition coefficient (Wildman–Crippen LogP) is 6.62. The van der Waals surface area contributed by atoms with Crippen molar-refractivity contribution in [2.75, 3.05) is 6.61 Å². The molecule has 0 N–H and O–H groups in total. The van der Waals surface area contributed by atoms with Crippen molar-refractivity contribution < 1.29 is 13.9 Å². The Morgan fingerprint density at radius 3 is 2.57 bits per heavy atom. The third-order valence-electron chi connectivity index (χ3n) is 6.26. The van der Waals surface area contributed by atoms with Gasteiger partial charge >= 0.3 is 0 Å². The zero-order valence-corrected chi connectivity index (χ0v) is 20.4. The van der Waals surface area contributed by atoms with Crippen LogP contribution in [0.2, 0.25) is 5.02 Å². The highest BCUT2D eigenvalue weighted by atomic mass is 35.5. The van der Waals surface area contributed by atoms with Gasteiger partial charge in [-0.1, -0.05) is 67.9 Å². The second kappa shape index (κ2) is 9.59. The van der Waals surface area contributed by atoms with E-state index in [0.29, 0.717) is 46.4 Å². The van der Waals surface area contributed by atoms with Crippen molar-refractivity contribution in [3.05, 3.63) is 110 Å². The van der Waals surface area contributed by atoms with Crippen LogP contribution >= 0.6 is 11.6 Å². The Bertz CT molecular complexity index is 1440. The van der Waals surface area contributed by atoms with Crippen molar-refractivity contribution in [3.63, 3.8) is 0 Å². The van der Waals surface area contributed by atoms with Crippen LogP contribution in [-0.2, 0) is 6.54 Å². The third kappa shape index (κ3) is 4.56. The first-order valence-corrected chi connectivity index (χ1v) is 12.1. The van der Waals surface area contributed by atoms with Gasteiger partial charge in [-0.25, -0.2) is 0 Å². The predicted molar refractivity (Wildman–Crippen MR) is 137 cm³/mol. The van der Waals surface area contributed by atoms with E-state index in [1.807, 2.05) is 54.6 Å². The minimum absolute atomic E-state index is 0.0804. The van der Waals surface area contributed by atoms with Crippen LogP contribution in [0.25, 0.3) is 11.0 Å². The molecular weight excluding hydrogens is 462 g/mol. The maximum Gasteiger partial charge on any atom is 0.291 e. The number of nitrogens with zero attached hydrogens (tertiary/aromatic N) is 1. The second-order valence-corrected chi connectivity index (χ2v) is 9.68. The SMILES string of the molecule is CC(C)CCOc1cccc(C2c3c(oc4ccc(Cl)cc4c3=O)C(=O)N2Cc2ccccc2)c1. The molecule has 3 aromatic carbocycles. The molecule has 178 valence electrons. The Morgan fingerprint density at radius 1 is 1.00 bits per heavy atom. The average molecular weight is 488 g/mol. The number of carbonyl (C=O) groups excluding carboxylic acids is 1. The Kier molecular flexibility index (Phi) is 6.35. The van der Waals surface area contributed by atoms with E-state index in [9.17, 15) is 9.59 Å². The van der Waals surface area contributed by atoms with E-state index >= 15 is 0 Å². The monoisotopic (exact) mass is 487 g/mol. The van der Waals surface area contributed by atoms with Gasteiger partial charge in [-0.05, 0) is 53.8 Å². The number of ether oxygens (including phenoxy) is 1. The minimum Gasteiger partial charge on any atom is -0.494 e. The van der Waals surface area contributed by atoms with Crippen LogP contribution in [0.4, 0.5) is 0 Å². The molecule has 0 spiro atoms. The molecular formula is C29H26ClNO4. The minimum atomic E-state index is -0.606. The van der Waals surface area contributed by atoms with Crippen LogP contribution in [0.1, 0.15) is 53.6 Å². The zero-order valence-electron chi connectivity index (χ0n) is 19.7. The van der Waals surface area contributed by atoms with Gasteiger partial charge in [-0.15, -0.1) is 0 Å². The maximum absolute atomic E-state index is 13.7. The number of hydrogen-bond donors (Lipinski definition) is 0. The standard InChI is InChI=1S/C29H26ClNO4/c1-18(2)13-14-34-22-10-6-9-20(15-22)26-25-27(32)23-16-21(30)11-12-24(23)35-28(25)29(33)31(26)17-19-7-4-3-5-8-19/h3-12,15-16,18,26H,13-14,17H2,1-2H3. The van der Waals surface area contributed by atoms with Gasteiger partial charge in [-0.3, -0.25) is 9.59 Å². The molecule has 1 unspecified atom stereocenters. The van der Waals surface area contributed by atoms with E-state index in [1.54, 1.807) is 23.1 Å². The zero-order chi connectivity index (χ0) is 24.5. The van der Waals surface area contributed by atoms with Crippen molar-refractivity contribution in [2.24, 2.45) is 5.92 Å². The van der Waals surface area contributed by atoms with Crippen LogP contribution in [0.3, 0.4) is 0 Å². The molecule has 2 heterocycles. The molecule has 1 aromatic heterocycles. The molecule has 0 saturated heterocycles. The first-order chi connectivity index (χ1) is 16.9. The molecule has 0 aliphatic carbocycles. The molecule has 4 aromatic rings. The summed E-state index contributed by atoms with van der Waals surface area (Å²) < 4.78 is 12.0. The molecule has 35 heavy (non-hydrogen) atoms. The topological polar surface area (TPSA) is 59.8 Å². The van der Waals surface area contributed by atoms with E-state index in [-0.39, 0.29) is 17.1 Å². The van der Waals surface area contributed by atoms with E-state index in [1.165, 1.54) is 0 Å². The molecule has 0 fully saturated rings. The number of hydrogen-bond acceptors (Lipinski definition) is 4. The summed E-state index contributed by atoms with van der Waals surface area (Å²) in [4.78, 5) is 29.0. The Balaban J connectivity index is 1.63. The number of amides is 1. The van der Waals surface area contributed by atoms with Crippen molar-refractivity contribution in [1.29, 1.82) is 0 Å². The lowest BCUT2D eigenvalue weighted by Gasteiger charge is -2.25. The van der Waals surface area contributed by atoms with Gasteiger partial charge in [0.1, 0.15) is 11.3 Å². The quantitative estimate of drug-likeness (QED) is 0.294. The fourth-order valence-electron chi connectivity index (χ4n) is 4.47. The van der Waals surface area contributed by atoms with Gasteiger partial charge < -0.3 is 14.1 Å². The van der Waals surface area contributed by atoms with Crippen molar-refractivity contribution >= 4 is 28.5 Å². The van der Waals surface area contributed by atoms with Crippen LogP contribution in [0, 0.1) is 5.92 Å². The molecule has 0 radical (unpaired) electrons. The van der Waals surface area contributed by atoms with E-state index in [0.717, 1.165) is 17.5 Å². The summed E-state index contributed by atoms with van der Waals surface area (Å²) in [7, 11) is 0. The number of benzene rings is 3. The highest BCUT2D eigenvalue weighted by molar-refractivity contribution is 6.31.